The van der Waals surface area contributed by atoms with Crippen LogP contribution in [0.15, 0.2) is 54.9 Å². The molecule has 2 aromatic carbocycles. The first-order valence-corrected chi connectivity index (χ1v) is 6.88. The van der Waals surface area contributed by atoms with Crippen LogP contribution in [0.4, 0.5) is 0 Å². The van der Waals surface area contributed by atoms with E-state index in [9.17, 15) is 0 Å². The number of nitrogens with zero attached hydrogens (tertiary/aromatic N) is 2. The van der Waals surface area contributed by atoms with Crippen molar-refractivity contribution in [2.75, 3.05) is 7.11 Å². The largest absolute Gasteiger partial charge is 0.497 e. The lowest BCUT2D eigenvalue weighted by Gasteiger charge is -2.06. The molecule has 0 spiro atoms. The second-order valence-corrected chi connectivity index (χ2v) is 4.91. The molecule has 1 N–H and O–H groups in total. The van der Waals surface area contributed by atoms with Crippen LogP contribution >= 0.6 is 0 Å². The summed E-state index contributed by atoms with van der Waals surface area (Å²) < 4.78 is 10.9. The number of fused-ring (bicyclic) bond motifs is 2. The van der Waals surface area contributed by atoms with E-state index in [1.807, 2.05) is 48.7 Å². The van der Waals surface area contributed by atoms with Gasteiger partial charge in [0, 0.05) is 28.7 Å². The highest BCUT2D eigenvalue weighted by molar-refractivity contribution is 5.81. The average molecular weight is 291 g/mol. The minimum Gasteiger partial charge on any atom is -0.497 e. The third kappa shape index (κ3) is 2.22. The van der Waals surface area contributed by atoms with Gasteiger partial charge in [0.15, 0.2) is 0 Å². The number of aromatic amines is 1. The molecule has 2 aromatic heterocycles. The normalized spacial score (nSPS) is 11.0. The smallest absolute Gasteiger partial charge is 0.322 e. The Morgan fingerprint density at radius 1 is 0.955 bits per heavy atom. The molecule has 4 aromatic rings. The molecule has 0 radical (unpaired) electrons. The summed E-state index contributed by atoms with van der Waals surface area (Å²) in [7, 11) is 1.64. The maximum Gasteiger partial charge on any atom is 0.322 e. The Balaban J connectivity index is 1.68. The summed E-state index contributed by atoms with van der Waals surface area (Å²) in [5.41, 5.74) is 1.88. The molecular formula is C17H13N3O2. The van der Waals surface area contributed by atoms with Crippen LogP contribution in [0, 0.1) is 0 Å². The molecule has 0 atom stereocenters. The van der Waals surface area contributed by atoms with Gasteiger partial charge in [0.25, 0.3) is 0 Å². The van der Waals surface area contributed by atoms with Crippen molar-refractivity contribution in [2.24, 2.45) is 0 Å². The van der Waals surface area contributed by atoms with Gasteiger partial charge in [-0.05, 0) is 42.5 Å². The van der Waals surface area contributed by atoms with Gasteiger partial charge in [-0.1, -0.05) is 0 Å². The zero-order chi connectivity index (χ0) is 14.9. The van der Waals surface area contributed by atoms with E-state index in [-0.39, 0.29) is 0 Å². The fourth-order valence-electron chi connectivity index (χ4n) is 2.37. The third-order valence-electron chi connectivity index (χ3n) is 3.50. The number of aromatic nitrogens is 3. The molecule has 0 unspecified atom stereocenters. The SMILES string of the molecule is COc1ccc2nc(Oc3ccc4[nH]ccc4c3)ncc2c1. The van der Waals surface area contributed by atoms with Gasteiger partial charge in [-0.3, -0.25) is 0 Å². The van der Waals surface area contributed by atoms with Crippen molar-refractivity contribution in [2.45, 2.75) is 0 Å². The van der Waals surface area contributed by atoms with Crippen molar-refractivity contribution in [1.29, 1.82) is 0 Å². The first kappa shape index (κ1) is 12.6. The molecule has 0 amide bonds. The maximum absolute atomic E-state index is 5.75. The lowest BCUT2D eigenvalue weighted by molar-refractivity contribution is 0.415. The van der Waals surface area contributed by atoms with Crippen LogP contribution in [0.1, 0.15) is 0 Å². The Kier molecular flexibility index (Phi) is 2.89. The second kappa shape index (κ2) is 5.04. The number of nitrogens with one attached hydrogen (secondary N) is 1. The Labute approximate surface area is 126 Å². The standard InChI is InChI=1S/C17H13N3O2/c1-21-13-2-5-16-12(9-13)10-19-17(20-16)22-14-3-4-15-11(8-14)6-7-18-15/h2-10,18H,1H3. The van der Waals surface area contributed by atoms with Gasteiger partial charge >= 0.3 is 6.01 Å². The number of hydrogen-bond acceptors (Lipinski definition) is 4. The van der Waals surface area contributed by atoms with Crippen molar-refractivity contribution in [3.05, 3.63) is 54.9 Å². The van der Waals surface area contributed by atoms with E-state index in [4.69, 9.17) is 9.47 Å². The summed E-state index contributed by atoms with van der Waals surface area (Å²) in [4.78, 5) is 11.8. The molecule has 22 heavy (non-hydrogen) atoms. The van der Waals surface area contributed by atoms with Gasteiger partial charge in [0.2, 0.25) is 0 Å². The minimum atomic E-state index is 0.326. The first-order chi connectivity index (χ1) is 10.8. The average Bonchev–Trinajstić information content (AvgIpc) is 3.02. The highest BCUT2D eigenvalue weighted by Gasteiger charge is 2.05. The van der Waals surface area contributed by atoms with Crippen LogP contribution in [0.2, 0.25) is 0 Å². The fourth-order valence-corrected chi connectivity index (χ4v) is 2.37. The van der Waals surface area contributed by atoms with E-state index >= 15 is 0 Å². The number of methoxy groups -OCH3 is 1. The van der Waals surface area contributed by atoms with Crippen molar-refractivity contribution in [3.8, 4) is 17.5 Å². The molecule has 0 saturated carbocycles. The van der Waals surface area contributed by atoms with Gasteiger partial charge < -0.3 is 14.5 Å². The van der Waals surface area contributed by atoms with E-state index in [1.165, 1.54) is 0 Å². The molecule has 4 rings (SSSR count). The Morgan fingerprint density at radius 3 is 2.73 bits per heavy atom. The summed E-state index contributed by atoms with van der Waals surface area (Å²) in [5.74, 6) is 1.49. The van der Waals surface area contributed by atoms with Crippen LogP contribution in [0.25, 0.3) is 21.8 Å². The molecule has 0 aliphatic carbocycles. The van der Waals surface area contributed by atoms with Crippen LogP contribution in [0.3, 0.4) is 0 Å². The van der Waals surface area contributed by atoms with Crippen molar-refractivity contribution >= 4 is 21.8 Å². The maximum atomic E-state index is 5.75. The minimum absolute atomic E-state index is 0.326. The van der Waals surface area contributed by atoms with Crippen LogP contribution < -0.4 is 9.47 Å². The molecule has 0 fully saturated rings. The zero-order valence-electron chi connectivity index (χ0n) is 11.9. The number of rotatable bonds is 3. The van der Waals surface area contributed by atoms with E-state index in [1.54, 1.807) is 13.3 Å². The molecule has 2 heterocycles. The molecular weight excluding hydrogens is 278 g/mol. The zero-order valence-corrected chi connectivity index (χ0v) is 11.9. The van der Waals surface area contributed by atoms with Gasteiger partial charge in [-0.2, -0.15) is 4.98 Å². The lowest BCUT2D eigenvalue weighted by atomic mass is 10.2. The van der Waals surface area contributed by atoms with E-state index in [2.05, 4.69) is 15.0 Å². The van der Waals surface area contributed by atoms with Crippen molar-refractivity contribution in [3.63, 3.8) is 0 Å². The Hall–Kier alpha value is -3.08. The molecule has 5 heteroatoms. The summed E-state index contributed by atoms with van der Waals surface area (Å²) >= 11 is 0. The number of ether oxygens (including phenoxy) is 2. The summed E-state index contributed by atoms with van der Waals surface area (Å²) in [6.07, 6.45) is 3.63. The second-order valence-electron chi connectivity index (χ2n) is 4.91. The monoisotopic (exact) mass is 291 g/mol. The fraction of sp³-hybridized carbons (Fsp3) is 0.0588. The molecule has 5 nitrogen and oxygen atoms in total. The van der Waals surface area contributed by atoms with Crippen molar-refractivity contribution < 1.29 is 9.47 Å². The van der Waals surface area contributed by atoms with Gasteiger partial charge in [0.05, 0.1) is 12.6 Å². The third-order valence-corrected chi connectivity index (χ3v) is 3.50. The van der Waals surface area contributed by atoms with Gasteiger partial charge in [-0.15, -0.1) is 0 Å². The predicted octanol–water partition coefficient (Wildman–Crippen LogP) is 3.91. The Bertz CT molecular complexity index is 962. The molecule has 0 aliphatic heterocycles. The highest BCUT2D eigenvalue weighted by atomic mass is 16.5. The van der Waals surface area contributed by atoms with Gasteiger partial charge in [-0.25, -0.2) is 4.98 Å². The highest BCUT2D eigenvalue weighted by Crippen LogP contribution is 2.25. The Morgan fingerprint density at radius 2 is 1.82 bits per heavy atom. The topological polar surface area (TPSA) is 60.0 Å². The van der Waals surface area contributed by atoms with E-state index in [0.29, 0.717) is 11.8 Å². The quantitative estimate of drug-likeness (QED) is 0.621. The van der Waals surface area contributed by atoms with Crippen LogP contribution in [-0.2, 0) is 0 Å². The van der Waals surface area contributed by atoms with Crippen LogP contribution in [-0.4, -0.2) is 22.1 Å². The van der Waals surface area contributed by atoms with Crippen LogP contribution in [0.5, 0.6) is 17.5 Å². The summed E-state index contributed by atoms with van der Waals surface area (Å²) in [6.45, 7) is 0. The van der Waals surface area contributed by atoms with Crippen molar-refractivity contribution in [1.82, 2.24) is 15.0 Å². The summed E-state index contributed by atoms with van der Waals surface area (Å²) in [5, 5.41) is 2.00. The number of hydrogen-bond donors (Lipinski definition) is 1. The predicted molar refractivity (Wildman–Crippen MR) is 84.5 cm³/mol. The number of H-pyrrole nitrogens is 1. The first-order valence-electron chi connectivity index (χ1n) is 6.88. The number of benzene rings is 2. The molecule has 108 valence electrons. The molecule has 0 saturated heterocycles. The van der Waals surface area contributed by atoms with E-state index < -0.39 is 0 Å². The van der Waals surface area contributed by atoms with Gasteiger partial charge in [0.1, 0.15) is 11.5 Å². The van der Waals surface area contributed by atoms with E-state index in [0.717, 1.165) is 27.6 Å². The molecule has 0 aliphatic rings. The lowest BCUT2D eigenvalue weighted by Crippen LogP contribution is -1.92. The molecule has 0 bridgehead atoms. The summed E-state index contributed by atoms with van der Waals surface area (Å²) in [6, 6.07) is 13.8.